The van der Waals surface area contributed by atoms with Crippen molar-refractivity contribution in [2.75, 3.05) is 0 Å². The molecule has 1 aromatic rings. The quantitative estimate of drug-likeness (QED) is 0.497. The standard InChI is InChI=1S/C15H21N3O2S/c1-10-6-2-4-8-12(10)16-15(21)18-17-14(20)11-7-3-5-9-13(11)19/h3,5,7,9-10,12,19H,2,4,6,8H2,1H3,(H,17,20)(H2,16,18,21)/t10-,12-/m0/s1. The first-order valence-electron chi connectivity index (χ1n) is 7.23. The third-order valence-electron chi connectivity index (χ3n) is 3.87. The van der Waals surface area contributed by atoms with E-state index in [0.29, 0.717) is 17.1 Å². The van der Waals surface area contributed by atoms with Crippen molar-refractivity contribution in [1.29, 1.82) is 0 Å². The summed E-state index contributed by atoms with van der Waals surface area (Å²) in [6.07, 6.45) is 4.76. The second-order valence-corrected chi connectivity index (χ2v) is 5.85. The number of carbonyl (C=O) groups excluding carboxylic acids is 1. The summed E-state index contributed by atoms with van der Waals surface area (Å²) < 4.78 is 0. The molecule has 114 valence electrons. The van der Waals surface area contributed by atoms with E-state index >= 15 is 0 Å². The van der Waals surface area contributed by atoms with Crippen molar-refractivity contribution < 1.29 is 9.90 Å². The lowest BCUT2D eigenvalue weighted by Gasteiger charge is -2.30. The molecule has 0 unspecified atom stereocenters. The molecule has 1 saturated carbocycles. The van der Waals surface area contributed by atoms with Crippen LogP contribution in [0.1, 0.15) is 43.0 Å². The van der Waals surface area contributed by atoms with E-state index in [4.69, 9.17) is 12.2 Å². The molecule has 1 aliphatic rings. The number of benzene rings is 1. The largest absolute Gasteiger partial charge is 0.507 e. The van der Waals surface area contributed by atoms with Gasteiger partial charge in [-0.05, 0) is 43.1 Å². The van der Waals surface area contributed by atoms with Crippen LogP contribution < -0.4 is 16.2 Å². The van der Waals surface area contributed by atoms with Crippen molar-refractivity contribution in [3.8, 4) is 5.75 Å². The predicted octanol–water partition coefficient (Wildman–Crippen LogP) is 2.08. The number of hydrogen-bond donors (Lipinski definition) is 4. The van der Waals surface area contributed by atoms with Gasteiger partial charge >= 0.3 is 0 Å². The van der Waals surface area contributed by atoms with Crippen LogP contribution in [-0.4, -0.2) is 22.2 Å². The number of hydrazine groups is 1. The predicted molar refractivity (Wildman–Crippen MR) is 85.9 cm³/mol. The van der Waals surface area contributed by atoms with E-state index in [-0.39, 0.29) is 11.3 Å². The molecule has 1 fully saturated rings. The highest BCUT2D eigenvalue weighted by Gasteiger charge is 2.21. The average Bonchev–Trinajstić information content (AvgIpc) is 2.48. The topological polar surface area (TPSA) is 73.4 Å². The number of amides is 1. The van der Waals surface area contributed by atoms with Crippen LogP contribution in [-0.2, 0) is 0 Å². The zero-order valence-electron chi connectivity index (χ0n) is 12.1. The van der Waals surface area contributed by atoms with E-state index in [0.717, 1.165) is 6.42 Å². The Morgan fingerprint density at radius 2 is 1.95 bits per heavy atom. The summed E-state index contributed by atoms with van der Waals surface area (Å²) in [6.45, 7) is 2.21. The number of aromatic hydroxyl groups is 1. The molecule has 1 aromatic carbocycles. The van der Waals surface area contributed by atoms with E-state index in [1.807, 2.05) is 0 Å². The van der Waals surface area contributed by atoms with Gasteiger partial charge in [-0.3, -0.25) is 15.6 Å². The van der Waals surface area contributed by atoms with Gasteiger partial charge in [-0.1, -0.05) is 31.9 Å². The van der Waals surface area contributed by atoms with Crippen LogP contribution in [0.25, 0.3) is 0 Å². The van der Waals surface area contributed by atoms with Crippen LogP contribution in [0.15, 0.2) is 24.3 Å². The summed E-state index contributed by atoms with van der Waals surface area (Å²) in [5.41, 5.74) is 5.38. The highest BCUT2D eigenvalue weighted by molar-refractivity contribution is 7.80. The van der Waals surface area contributed by atoms with Gasteiger partial charge in [-0.15, -0.1) is 0 Å². The molecule has 1 aliphatic carbocycles. The molecule has 21 heavy (non-hydrogen) atoms. The van der Waals surface area contributed by atoms with Crippen molar-refractivity contribution in [1.82, 2.24) is 16.2 Å². The molecule has 0 aliphatic heterocycles. The van der Waals surface area contributed by atoms with Crippen LogP contribution in [0.4, 0.5) is 0 Å². The fraction of sp³-hybridized carbons (Fsp3) is 0.467. The lowest BCUT2D eigenvalue weighted by atomic mass is 9.86. The van der Waals surface area contributed by atoms with Gasteiger partial charge < -0.3 is 10.4 Å². The van der Waals surface area contributed by atoms with Gasteiger partial charge in [0.25, 0.3) is 5.91 Å². The Labute approximate surface area is 130 Å². The molecule has 2 rings (SSSR count). The van der Waals surface area contributed by atoms with Crippen molar-refractivity contribution in [3.63, 3.8) is 0 Å². The summed E-state index contributed by atoms with van der Waals surface area (Å²) >= 11 is 5.19. The summed E-state index contributed by atoms with van der Waals surface area (Å²) in [5.74, 6) is 0.0953. The number of hydrogen-bond acceptors (Lipinski definition) is 3. The first-order valence-corrected chi connectivity index (χ1v) is 7.63. The van der Waals surface area contributed by atoms with Crippen LogP contribution in [0, 0.1) is 5.92 Å². The molecule has 0 saturated heterocycles. The molecule has 4 N–H and O–H groups in total. The number of thiocarbonyl (C=S) groups is 1. The fourth-order valence-electron chi connectivity index (χ4n) is 2.58. The van der Waals surface area contributed by atoms with E-state index in [9.17, 15) is 9.90 Å². The molecular formula is C15H21N3O2S. The van der Waals surface area contributed by atoms with Crippen molar-refractivity contribution in [2.24, 2.45) is 5.92 Å². The lowest BCUT2D eigenvalue weighted by molar-refractivity contribution is 0.0940. The van der Waals surface area contributed by atoms with Crippen LogP contribution in [0.3, 0.4) is 0 Å². The van der Waals surface area contributed by atoms with Gasteiger partial charge in [-0.2, -0.15) is 0 Å². The number of phenols is 1. The molecule has 6 heteroatoms. The number of carbonyl (C=O) groups is 1. The Bertz CT molecular complexity index is 521. The molecule has 1 amide bonds. The van der Waals surface area contributed by atoms with Crippen LogP contribution >= 0.6 is 12.2 Å². The van der Waals surface area contributed by atoms with Gasteiger partial charge in [-0.25, -0.2) is 0 Å². The summed E-state index contributed by atoms with van der Waals surface area (Å²) in [5, 5.41) is 13.2. The highest BCUT2D eigenvalue weighted by Crippen LogP contribution is 2.23. The minimum Gasteiger partial charge on any atom is -0.507 e. The van der Waals surface area contributed by atoms with Gasteiger partial charge in [0.2, 0.25) is 0 Å². The Hall–Kier alpha value is -1.82. The number of para-hydroxylation sites is 1. The number of rotatable bonds is 2. The molecule has 0 radical (unpaired) electrons. The normalized spacial score (nSPS) is 21.4. The van der Waals surface area contributed by atoms with E-state index in [2.05, 4.69) is 23.1 Å². The van der Waals surface area contributed by atoms with E-state index < -0.39 is 5.91 Å². The van der Waals surface area contributed by atoms with Crippen LogP contribution in [0.2, 0.25) is 0 Å². The van der Waals surface area contributed by atoms with E-state index in [1.54, 1.807) is 18.2 Å². The minimum atomic E-state index is -0.422. The monoisotopic (exact) mass is 307 g/mol. The smallest absolute Gasteiger partial charge is 0.273 e. The third-order valence-corrected chi connectivity index (χ3v) is 4.09. The maximum Gasteiger partial charge on any atom is 0.273 e. The molecule has 5 nitrogen and oxygen atoms in total. The van der Waals surface area contributed by atoms with Crippen molar-refractivity contribution >= 4 is 23.2 Å². The number of nitrogens with one attached hydrogen (secondary N) is 3. The maximum absolute atomic E-state index is 11.9. The summed E-state index contributed by atoms with van der Waals surface area (Å²) in [6, 6.07) is 6.72. The SMILES string of the molecule is C[C@H]1CCCC[C@@H]1NC(=S)NNC(=O)c1ccccc1O. The first-order chi connectivity index (χ1) is 10.1. The molecule has 0 heterocycles. The summed E-state index contributed by atoms with van der Waals surface area (Å²) in [4.78, 5) is 11.9. The molecule has 0 aromatic heterocycles. The van der Waals surface area contributed by atoms with Crippen molar-refractivity contribution in [3.05, 3.63) is 29.8 Å². The minimum absolute atomic E-state index is 0.0587. The first kappa shape index (κ1) is 15.6. The van der Waals surface area contributed by atoms with E-state index in [1.165, 1.54) is 25.3 Å². The maximum atomic E-state index is 11.9. The van der Waals surface area contributed by atoms with Crippen LogP contribution in [0.5, 0.6) is 5.75 Å². The number of phenolic OH excluding ortho intramolecular Hbond substituents is 1. The Kier molecular flexibility index (Phi) is 5.38. The van der Waals surface area contributed by atoms with Gasteiger partial charge in [0.05, 0.1) is 5.56 Å². The zero-order chi connectivity index (χ0) is 15.2. The Balaban J connectivity index is 1.81. The summed E-state index contributed by atoms with van der Waals surface area (Å²) in [7, 11) is 0. The fourth-order valence-corrected chi connectivity index (χ4v) is 2.78. The second kappa shape index (κ2) is 7.26. The van der Waals surface area contributed by atoms with Gasteiger partial charge in [0.15, 0.2) is 5.11 Å². The molecule has 0 spiro atoms. The van der Waals surface area contributed by atoms with Crippen molar-refractivity contribution in [2.45, 2.75) is 38.6 Å². The Morgan fingerprint density at radius 1 is 1.24 bits per heavy atom. The zero-order valence-corrected chi connectivity index (χ0v) is 12.9. The second-order valence-electron chi connectivity index (χ2n) is 5.44. The third kappa shape index (κ3) is 4.32. The molecule has 2 atom stereocenters. The molecular weight excluding hydrogens is 286 g/mol. The van der Waals surface area contributed by atoms with Gasteiger partial charge in [0.1, 0.15) is 5.75 Å². The average molecular weight is 307 g/mol. The highest BCUT2D eigenvalue weighted by atomic mass is 32.1. The Morgan fingerprint density at radius 3 is 2.67 bits per heavy atom. The molecule has 0 bridgehead atoms. The lowest BCUT2D eigenvalue weighted by Crippen LogP contribution is -2.51. The van der Waals surface area contributed by atoms with Gasteiger partial charge in [0, 0.05) is 6.04 Å².